The van der Waals surface area contributed by atoms with Crippen molar-refractivity contribution < 1.29 is 14.6 Å². The molecule has 18 heavy (non-hydrogen) atoms. The summed E-state index contributed by atoms with van der Waals surface area (Å²) in [6.45, 7) is 2.41. The van der Waals surface area contributed by atoms with Crippen LogP contribution in [0.4, 0.5) is 5.69 Å². The maximum Gasteiger partial charge on any atom is 0.313 e. The Morgan fingerprint density at radius 1 is 1.39 bits per heavy atom. The fraction of sp³-hybridized carbons (Fsp3) is 0.500. The summed E-state index contributed by atoms with van der Waals surface area (Å²) < 4.78 is 5.18. The van der Waals surface area contributed by atoms with Gasteiger partial charge in [-0.3, -0.25) is 4.79 Å². The van der Waals surface area contributed by atoms with Crippen molar-refractivity contribution in [1.82, 2.24) is 0 Å². The van der Waals surface area contributed by atoms with E-state index in [-0.39, 0.29) is 18.5 Å². The number of aliphatic hydroxyl groups is 1. The lowest BCUT2D eigenvalue weighted by molar-refractivity contribution is -0.145. The van der Waals surface area contributed by atoms with Gasteiger partial charge in [-0.15, -0.1) is 0 Å². The molecule has 0 saturated carbocycles. The van der Waals surface area contributed by atoms with E-state index in [1.807, 2.05) is 19.1 Å². The molecule has 0 bridgehead atoms. The van der Waals surface area contributed by atoms with Gasteiger partial charge in [-0.1, -0.05) is 12.1 Å². The summed E-state index contributed by atoms with van der Waals surface area (Å²) in [5.74, 6) is -0.532. The lowest BCUT2D eigenvalue weighted by Crippen LogP contribution is -2.14. The fourth-order valence-electron chi connectivity index (χ4n) is 1.65. The molecular weight excluding hydrogens is 230 g/mol. The van der Waals surface area contributed by atoms with E-state index in [0.717, 1.165) is 24.8 Å². The van der Waals surface area contributed by atoms with Crippen molar-refractivity contribution in [2.75, 3.05) is 18.9 Å². The van der Waals surface area contributed by atoms with Gasteiger partial charge in [0.15, 0.2) is 0 Å². The number of carbonyl (C=O) groups is 1. The van der Waals surface area contributed by atoms with Crippen LogP contribution in [0.15, 0.2) is 24.3 Å². The number of hydrogen-bond acceptors (Lipinski definition) is 4. The Labute approximate surface area is 108 Å². The number of unbranched alkanes of at least 4 members (excludes halogenated alkanes) is 2. The maximum absolute atomic E-state index is 11.8. The predicted molar refractivity (Wildman–Crippen MR) is 71.2 cm³/mol. The lowest BCUT2D eigenvalue weighted by atomic mass is 10.0. The van der Waals surface area contributed by atoms with Gasteiger partial charge in [-0.05, 0) is 43.9 Å². The average molecular weight is 251 g/mol. The molecule has 1 unspecified atom stereocenters. The molecule has 1 aromatic carbocycles. The Morgan fingerprint density at radius 2 is 2.17 bits per heavy atom. The van der Waals surface area contributed by atoms with E-state index in [4.69, 9.17) is 15.6 Å². The van der Waals surface area contributed by atoms with E-state index in [1.165, 1.54) is 0 Å². The van der Waals surface area contributed by atoms with Crippen LogP contribution in [0, 0.1) is 0 Å². The van der Waals surface area contributed by atoms with Crippen LogP contribution >= 0.6 is 0 Å². The molecule has 0 aliphatic rings. The highest BCUT2D eigenvalue weighted by atomic mass is 16.5. The molecule has 0 aliphatic carbocycles. The number of nitrogen functional groups attached to an aromatic ring is 1. The molecule has 0 radical (unpaired) electrons. The van der Waals surface area contributed by atoms with Crippen molar-refractivity contribution in [2.24, 2.45) is 0 Å². The van der Waals surface area contributed by atoms with E-state index in [1.54, 1.807) is 12.1 Å². The van der Waals surface area contributed by atoms with Crippen molar-refractivity contribution in [2.45, 2.75) is 32.1 Å². The first-order valence-electron chi connectivity index (χ1n) is 6.28. The van der Waals surface area contributed by atoms with Gasteiger partial charge in [-0.2, -0.15) is 0 Å². The monoisotopic (exact) mass is 251 g/mol. The highest BCUT2D eigenvalue weighted by Gasteiger charge is 2.16. The molecule has 0 aromatic heterocycles. The van der Waals surface area contributed by atoms with Crippen LogP contribution in [0.1, 0.15) is 37.7 Å². The molecule has 0 amide bonds. The molecule has 1 aromatic rings. The summed E-state index contributed by atoms with van der Waals surface area (Å²) in [5, 5.41) is 8.62. The van der Waals surface area contributed by atoms with Gasteiger partial charge in [0.2, 0.25) is 0 Å². The van der Waals surface area contributed by atoms with Crippen LogP contribution in [-0.2, 0) is 9.53 Å². The van der Waals surface area contributed by atoms with Crippen molar-refractivity contribution in [1.29, 1.82) is 0 Å². The molecule has 4 nitrogen and oxygen atoms in total. The van der Waals surface area contributed by atoms with Gasteiger partial charge in [0.25, 0.3) is 0 Å². The van der Waals surface area contributed by atoms with Crippen LogP contribution in [0.2, 0.25) is 0 Å². The number of benzene rings is 1. The van der Waals surface area contributed by atoms with E-state index in [0.29, 0.717) is 12.3 Å². The summed E-state index contributed by atoms with van der Waals surface area (Å²) in [7, 11) is 0. The number of ether oxygens (including phenoxy) is 1. The minimum absolute atomic E-state index is 0.188. The number of rotatable bonds is 7. The zero-order chi connectivity index (χ0) is 13.4. The van der Waals surface area contributed by atoms with Gasteiger partial charge < -0.3 is 15.6 Å². The van der Waals surface area contributed by atoms with Gasteiger partial charge in [0.05, 0.1) is 12.5 Å². The van der Waals surface area contributed by atoms with E-state index in [2.05, 4.69) is 0 Å². The number of carbonyl (C=O) groups excluding carboxylic acids is 1. The van der Waals surface area contributed by atoms with E-state index in [9.17, 15) is 4.79 Å². The van der Waals surface area contributed by atoms with Crippen molar-refractivity contribution in [3.05, 3.63) is 29.8 Å². The first-order valence-corrected chi connectivity index (χ1v) is 6.28. The molecular formula is C14H21NO3. The molecule has 0 saturated heterocycles. The minimum atomic E-state index is -0.300. The van der Waals surface area contributed by atoms with Crippen LogP contribution in [-0.4, -0.2) is 24.3 Å². The highest BCUT2D eigenvalue weighted by Crippen LogP contribution is 2.19. The largest absolute Gasteiger partial charge is 0.465 e. The van der Waals surface area contributed by atoms with E-state index < -0.39 is 0 Å². The number of aliphatic hydroxyl groups excluding tert-OH is 1. The molecule has 1 rings (SSSR count). The third-order valence-corrected chi connectivity index (χ3v) is 2.81. The second kappa shape index (κ2) is 7.71. The van der Waals surface area contributed by atoms with Gasteiger partial charge in [-0.25, -0.2) is 0 Å². The van der Waals surface area contributed by atoms with Gasteiger partial charge in [0, 0.05) is 12.3 Å². The minimum Gasteiger partial charge on any atom is -0.465 e. The number of nitrogens with two attached hydrogens (primary N) is 1. The summed E-state index contributed by atoms with van der Waals surface area (Å²) in [5.41, 5.74) is 7.19. The zero-order valence-corrected chi connectivity index (χ0v) is 10.8. The maximum atomic E-state index is 11.8. The summed E-state index contributed by atoms with van der Waals surface area (Å²) >= 11 is 0. The second-order valence-electron chi connectivity index (χ2n) is 4.34. The topological polar surface area (TPSA) is 72.5 Å². The van der Waals surface area contributed by atoms with Gasteiger partial charge >= 0.3 is 5.97 Å². The quantitative estimate of drug-likeness (QED) is 0.442. The lowest BCUT2D eigenvalue weighted by Gasteiger charge is -2.12. The van der Waals surface area contributed by atoms with Crippen molar-refractivity contribution in [3.63, 3.8) is 0 Å². The highest BCUT2D eigenvalue weighted by molar-refractivity contribution is 5.78. The molecule has 0 aliphatic heterocycles. The first-order chi connectivity index (χ1) is 8.65. The van der Waals surface area contributed by atoms with E-state index >= 15 is 0 Å². The molecule has 0 heterocycles. The smallest absolute Gasteiger partial charge is 0.313 e. The number of hydrogen-bond donors (Lipinski definition) is 2. The summed E-state index contributed by atoms with van der Waals surface area (Å²) in [4.78, 5) is 11.8. The Kier molecular flexibility index (Phi) is 6.22. The SMILES string of the molecule is CC(C(=O)OCCCCCO)c1cccc(N)c1. The normalized spacial score (nSPS) is 12.1. The molecule has 0 spiro atoms. The van der Waals surface area contributed by atoms with Crippen LogP contribution in [0.5, 0.6) is 0 Å². The van der Waals surface area contributed by atoms with Crippen LogP contribution in [0.3, 0.4) is 0 Å². The number of anilines is 1. The summed E-state index contributed by atoms with van der Waals surface area (Å²) in [6, 6.07) is 7.28. The predicted octanol–water partition coefficient (Wildman–Crippen LogP) is 2.08. The standard InChI is InChI=1S/C14H21NO3/c1-11(12-6-5-7-13(15)10-12)14(17)18-9-4-2-3-8-16/h5-7,10-11,16H,2-4,8-9,15H2,1H3. The first kappa shape index (κ1) is 14.5. The summed E-state index contributed by atoms with van der Waals surface area (Å²) in [6.07, 6.45) is 2.41. The fourth-order valence-corrected chi connectivity index (χ4v) is 1.65. The molecule has 100 valence electrons. The molecule has 4 heteroatoms. The molecule has 1 atom stereocenters. The van der Waals surface area contributed by atoms with Crippen LogP contribution in [0.25, 0.3) is 0 Å². The number of esters is 1. The Bertz CT molecular complexity index is 379. The third kappa shape index (κ3) is 4.75. The van der Waals surface area contributed by atoms with Crippen molar-refractivity contribution in [3.8, 4) is 0 Å². The van der Waals surface area contributed by atoms with Crippen LogP contribution < -0.4 is 5.73 Å². The Hall–Kier alpha value is -1.55. The Balaban J connectivity index is 2.37. The molecule has 0 fully saturated rings. The Morgan fingerprint density at radius 3 is 2.83 bits per heavy atom. The second-order valence-corrected chi connectivity index (χ2v) is 4.34. The van der Waals surface area contributed by atoms with Crippen molar-refractivity contribution >= 4 is 11.7 Å². The average Bonchev–Trinajstić information content (AvgIpc) is 2.37. The zero-order valence-electron chi connectivity index (χ0n) is 10.8. The molecule has 3 N–H and O–H groups in total. The third-order valence-electron chi connectivity index (χ3n) is 2.81. The van der Waals surface area contributed by atoms with Gasteiger partial charge in [0.1, 0.15) is 0 Å².